The highest BCUT2D eigenvalue weighted by molar-refractivity contribution is 5.75. The molecular weight excluding hydrogens is 150 g/mol. The molecule has 0 saturated carbocycles. The number of amides is 1. The Hall–Kier alpha value is -0.530. The summed E-state index contributed by atoms with van der Waals surface area (Å²) in [5.41, 5.74) is 0. The van der Waals surface area contributed by atoms with E-state index < -0.39 is 0 Å². The maximum atomic E-state index is 10.9. The lowest BCUT2D eigenvalue weighted by molar-refractivity contribution is -0.120. The molecule has 0 aliphatic rings. The van der Waals surface area contributed by atoms with Crippen molar-refractivity contribution in [3.63, 3.8) is 0 Å². The van der Waals surface area contributed by atoms with Gasteiger partial charge in [-0.05, 0) is 18.3 Å². The van der Waals surface area contributed by atoms with Crippen LogP contribution in [0.5, 0.6) is 0 Å². The van der Waals surface area contributed by atoms with E-state index in [-0.39, 0.29) is 5.91 Å². The topological polar surface area (TPSA) is 29.1 Å². The van der Waals surface area contributed by atoms with Crippen molar-refractivity contribution < 1.29 is 4.79 Å². The van der Waals surface area contributed by atoms with Gasteiger partial charge >= 0.3 is 0 Å². The van der Waals surface area contributed by atoms with Crippen molar-refractivity contribution in [2.75, 3.05) is 6.54 Å². The Morgan fingerprint density at radius 3 is 2.33 bits per heavy atom. The minimum atomic E-state index is 0.158. The maximum Gasteiger partial charge on any atom is 0.219 e. The van der Waals surface area contributed by atoms with Gasteiger partial charge in [0.1, 0.15) is 0 Å². The molecule has 0 bridgehead atoms. The van der Waals surface area contributed by atoms with E-state index in [0.717, 1.165) is 12.5 Å². The summed E-state index contributed by atoms with van der Waals surface area (Å²) in [7, 11) is 0. The van der Waals surface area contributed by atoms with Crippen LogP contribution >= 0.6 is 0 Å². The van der Waals surface area contributed by atoms with E-state index in [1.54, 1.807) is 0 Å². The standard InChI is InChI=1S/C10H21NO/c1-5-10(12)11-7-9(4)6-8(2)3/h8-9H,5-7H2,1-4H3,(H,11,12). The molecule has 1 N–H and O–H groups in total. The fraction of sp³-hybridized carbons (Fsp3) is 0.900. The first kappa shape index (κ1) is 11.5. The van der Waals surface area contributed by atoms with Crippen molar-refractivity contribution >= 4 is 5.91 Å². The summed E-state index contributed by atoms with van der Waals surface area (Å²) < 4.78 is 0. The molecule has 72 valence electrons. The van der Waals surface area contributed by atoms with Crippen LogP contribution in [0.25, 0.3) is 0 Å². The summed E-state index contributed by atoms with van der Waals surface area (Å²) in [5.74, 6) is 1.48. The van der Waals surface area contributed by atoms with Gasteiger partial charge in [-0.15, -0.1) is 0 Å². The van der Waals surface area contributed by atoms with Crippen molar-refractivity contribution in [3.8, 4) is 0 Å². The lowest BCUT2D eigenvalue weighted by Gasteiger charge is -2.14. The van der Waals surface area contributed by atoms with Crippen molar-refractivity contribution in [2.45, 2.75) is 40.5 Å². The molecular formula is C10H21NO. The molecule has 12 heavy (non-hydrogen) atoms. The normalized spacial score (nSPS) is 13.1. The summed E-state index contributed by atoms with van der Waals surface area (Å²) in [6, 6.07) is 0. The highest BCUT2D eigenvalue weighted by Gasteiger charge is 2.05. The maximum absolute atomic E-state index is 10.9. The lowest BCUT2D eigenvalue weighted by Crippen LogP contribution is -2.27. The highest BCUT2D eigenvalue weighted by atomic mass is 16.1. The minimum absolute atomic E-state index is 0.158. The van der Waals surface area contributed by atoms with E-state index in [0.29, 0.717) is 12.3 Å². The Morgan fingerprint density at radius 1 is 1.33 bits per heavy atom. The van der Waals surface area contributed by atoms with Crippen LogP contribution < -0.4 is 5.32 Å². The molecule has 1 amide bonds. The second-order valence-electron chi connectivity index (χ2n) is 3.89. The van der Waals surface area contributed by atoms with Crippen LogP contribution in [-0.4, -0.2) is 12.5 Å². The van der Waals surface area contributed by atoms with Crippen LogP contribution in [0.15, 0.2) is 0 Å². The molecule has 0 aliphatic heterocycles. The van der Waals surface area contributed by atoms with Gasteiger partial charge in [-0.25, -0.2) is 0 Å². The molecule has 2 nitrogen and oxygen atoms in total. The predicted molar refractivity (Wildman–Crippen MR) is 51.9 cm³/mol. The van der Waals surface area contributed by atoms with E-state index in [4.69, 9.17) is 0 Å². The molecule has 0 aromatic rings. The van der Waals surface area contributed by atoms with Crippen molar-refractivity contribution in [2.24, 2.45) is 11.8 Å². The average Bonchev–Trinajstić information content (AvgIpc) is 1.99. The first-order valence-electron chi connectivity index (χ1n) is 4.83. The summed E-state index contributed by atoms with van der Waals surface area (Å²) in [5, 5.41) is 2.90. The lowest BCUT2D eigenvalue weighted by atomic mass is 9.99. The Kier molecular flexibility index (Phi) is 5.77. The van der Waals surface area contributed by atoms with Gasteiger partial charge in [0, 0.05) is 13.0 Å². The summed E-state index contributed by atoms with van der Waals surface area (Å²) in [6.45, 7) is 9.29. The fourth-order valence-electron chi connectivity index (χ4n) is 1.30. The summed E-state index contributed by atoms with van der Waals surface area (Å²) in [6.07, 6.45) is 1.78. The number of carbonyl (C=O) groups excluding carboxylic acids is 1. The van der Waals surface area contributed by atoms with E-state index >= 15 is 0 Å². The zero-order valence-electron chi connectivity index (χ0n) is 8.68. The second kappa shape index (κ2) is 6.04. The molecule has 0 spiro atoms. The minimum Gasteiger partial charge on any atom is -0.356 e. The van der Waals surface area contributed by atoms with Crippen LogP contribution in [0.1, 0.15) is 40.5 Å². The van der Waals surface area contributed by atoms with Gasteiger partial charge in [-0.3, -0.25) is 4.79 Å². The molecule has 0 radical (unpaired) electrons. The van der Waals surface area contributed by atoms with E-state index in [2.05, 4.69) is 26.1 Å². The Morgan fingerprint density at radius 2 is 1.92 bits per heavy atom. The molecule has 0 aromatic heterocycles. The molecule has 0 aliphatic carbocycles. The SMILES string of the molecule is CCC(=O)NCC(C)CC(C)C. The van der Waals surface area contributed by atoms with Crippen molar-refractivity contribution in [3.05, 3.63) is 0 Å². The molecule has 1 unspecified atom stereocenters. The van der Waals surface area contributed by atoms with Crippen molar-refractivity contribution in [1.82, 2.24) is 5.32 Å². The number of hydrogen-bond acceptors (Lipinski definition) is 1. The second-order valence-corrected chi connectivity index (χ2v) is 3.89. The van der Waals surface area contributed by atoms with E-state index in [1.165, 1.54) is 6.42 Å². The van der Waals surface area contributed by atoms with Crippen LogP contribution in [0, 0.1) is 11.8 Å². The first-order chi connectivity index (χ1) is 5.56. The molecule has 0 fully saturated rings. The van der Waals surface area contributed by atoms with Gasteiger partial charge in [-0.2, -0.15) is 0 Å². The Balaban J connectivity index is 3.43. The van der Waals surface area contributed by atoms with Gasteiger partial charge < -0.3 is 5.32 Å². The zero-order valence-corrected chi connectivity index (χ0v) is 8.68. The third-order valence-electron chi connectivity index (χ3n) is 1.84. The smallest absolute Gasteiger partial charge is 0.219 e. The number of hydrogen-bond donors (Lipinski definition) is 1. The zero-order chi connectivity index (χ0) is 9.56. The van der Waals surface area contributed by atoms with Crippen LogP contribution in [0.3, 0.4) is 0 Å². The van der Waals surface area contributed by atoms with E-state index in [9.17, 15) is 4.79 Å². The number of rotatable bonds is 5. The average molecular weight is 171 g/mol. The molecule has 0 aromatic carbocycles. The summed E-state index contributed by atoms with van der Waals surface area (Å²) >= 11 is 0. The predicted octanol–water partition coefficient (Wildman–Crippen LogP) is 2.19. The quantitative estimate of drug-likeness (QED) is 0.675. The third-order valence-corrected chi connectivity index (χ3v) is 1.84. The Bertz CT molecular complexity index is 132. The highest BCUT2D eigenvalue weighted by Crippen LogP contribution is 2.09. The third kappa shape index (κ3) is 6.20. The van der Waals surface area contributed by atoms with Gasteiger partial charge in [0.15, 0.2) is 0 Å². The Labute approximate surface area is 75.7 Å². The fourth-order valence-corrected chi connectivity index (χ4v) is 1.30. The van der Waals surface area contributed by atoms with Gasteiger partial charge in [0.25, 0.3) is 0 Å². The van der Waals surface area contributed by atoms with E-state index in [1.807, 2.05) is 6.92 Å². The van der Waals surface area contributed by atoms with Gasteiger partial charge in [-0.1, -0.05) is 27.7 Å². The molecule has 0 saturated heterocycles. The van der Waals surface area contributed by atoms with Crippen LogP contribution in [0.4, 0.5) is 0 Å². The molecule has 1 atom stereocenters. The number of carbonyl (C=O) groups is 1. The monoisotopic (exact) mass is 171 g/mol. The molecule has 2 heteroatoms. The summed E-state index contributed by atoms with van der Waals surface area (Å²) in [4.78, 5) is 10.9. The van der Waals surface area contributed by atoms with Crippen molar-refractivity contribution in [1.29, 1.82) is 0 Å². The molecule has 0 rings (SSSR count). The molecule has 0 heterocycles. The largest absolute Gasteiger partial charge is 0.356 e. The van der Waals surface area contributed by atoms with Gasteiger partial charge in [0.05, 0.1) is 0 Å². The number of nitrogens with one attached hydrogen (secondary N) is 1. The van der Waals surface area contributed by atoms with Crippen LogP contribution in [-0.2, 0) is 4.79 Å². The van der Waals surface area contributed by atoms with Crippen LogP contribution in [0.2, 0.25) is 0 Å². The first-order valence-corrected chi connectivity index (χ1v) is 4.83. The van der Waals surface area contributed by atoms with Gasteiger partial charge in [0.2, 0.25) is 5.91 Å².